The van der Waals surface area contributed by atoms with Crippen LogP contribution in [0.15, 0.2) is 22.7 Å². The van der Waals surface area contributed by atoms with Crippen LogP contribution in [-0.4, -0.2) is 17.9 Å². The second-order valence-electron chi connectivity index (χ2n) is 6.27. The fourth-order valence-electron chi connectivity index (χ4n) is 3.12. The van der Waals surface area contributed by atoms with Crippen molar-refractivity contribution in [3.05, 3.63) is 33.8 Å². The maximum absolute atomic E-state index is 12.3. The number of nitrogens with one attached hydrogen (secondary N) is 2. The van der Waals surface area contributed by atoms with E-state index in [-0.39, 0.29) is 23.8 Å². The summed E-state index contributed by atoms with van der Waals surface area (Å²) >= 11 is 3.56. The first kappa shape index (κ1) is 15.5. The van der Waals surface area contributed by atoms with Gasteiger partial charge in [0, 0.05) is 10.4 Å². The van der Waals surface area contributed by atoms with E-state index in [1.807, 2.05) is 12.1 Å². The van der Waals surface area contributed by atoms with Crippen molar-refractivity contribution in [2.45, 2.75) is 51.1 Å². The van der Waals surface area contributed by atoms with E-state index in [1.54, 1.807) is 6.92 Å². The van der Waals surface area contributed by atoms with Crippen molar-refractivity contribution in [1.82, 2.24) is 10.6 Å². The van der Waals surface area contributed by atoms with Crippen LogP contribution >= 0.6 is 15.9 Å². The molecule has 2 N–H and O–H groups in total. The molecule has 0 saturated heterocycles. The first-order chi connectivity index (χ1) is 10.6. The van der Waals surface area contributed by atoms with E-state index in [0.29, 0.717) is 0 Å². The number of fused-ring (bicyclic) bond motifs is 1. The normalized spacial score (nSPS) is 21.6. The highest BCUT2D eigenvalue weighted by atomic mass is 79.9. The Morgan fingerprint density at radius 2 is 2.05 bits per heavy atom. The summed E-state index contributed by atoms with van der Waals surface area (Å²) in [5.41, 5.74) is 2.46. The van der Waals surface area contributed by atoms with E-state index >= 15 is 0 Å². The van der Waals surface area contributed by atoms with Gasteiger partial charge in [-0.1, -0.05) is 34.5 Å². The summed E-state index contributed by atoms with van der Waals surface area (Å²) in [6, 6.07) is 5.65. The summed E-state index contributed by atoms with van der Waals surface area (Å²) in [6.07, 6.45) is 4.89. The SMILES string of the molecule is C[C@H](NC(=O)C1CCC1)C(=O)N[C@@H]1CCc2c(Br)cccc21. The predicted octanol–water partition coefficient (Wildman–Crippen LogP) is 2.86. The van der Waals surface area contributed by atoms with Crippen LogP contribution in [-0.2, 0) is 16.0 Å². The zero-order chi connectivity index (χ0) is 15.7. The maximum Gasteiger partial charge on any atom is 0.242 e. The van der Waals surface area contributed by atoms with Crippen molar-refractivity contribution >= 4 is 27.7 Å². The largest absolute Gasteiger partial charge is 0.348 e. The summed E-state index contributed by atoms with van der Waals surface area (Å²) in [5, 5.41) is 5.90. The zero-order valence-corrected chi connectivity index (χ0v) is 14.3. The van der Waals surface area contributed by atoms with Crippen molar-refractivity contribution in [1.29, 1.82) is 0 Å². The van der Waals surface area contributed by atoms with Gasteiger partial charge in [-0.05, 0) is 49.8 Å². The molecule has 2 amide bonds. The van der Waals surface area contributed by atoms with Crippen molar-refractivity contribution in [3.63, 3.8) is 0 Å². The smallest absolute Gasteiger partial charge is 0.242 e. The van der Waals surface area contributed by atoms with E-state index < -0.39 is 6.04 Å². The highest BCUT2D eigenvalue weighted by Gasteiger charge is 2.30. The highest BCUT2D eigenvalue weighted by Crippen LogP contribution is 2.35. The van der Waals surface area contributed by atoms with Gasteiger partial charge in [-0.3, -0.25) is 9.59 Å². The van der Waals surface area contributed by atoms with Crippen molar-refractivity contribution in [3.8, 4) is 0 Å². The number of halogens is 1. The average Bonchev–Trinajstić information content (AvgIpc) is 2.81. The second kappa shape index (κ2) is 6.41. The van der Waals surface area contributed by atoms with E-state index in [2.05, 4.69) is 32.6 Å². The van der Waals surface area contributed by atoms with Gasteiger partial charge in [0.05, 0.1) is 6.04 Å². The van der Waals surface area contributed by atoms with Crippen LogP contribution in [0.1, 0.15) is 49.8 Å². The Morgan fingerprint density at radius 1 is 1.27 bits per heavy atom. The predicted molar refractivity (Wildman–Crippen MR) is 88.3 cm³/mol. The Bertz CT molecular complexity index is 598. The van der Waals surface area contributed by atoms with Crippen LogP contribution in [0, 0.1) is 5.92 Å². The standard InChI is InChI=1S/C17H21BrN2O2/c1-10(19-17(22)11-4-2-5-11)16(21)20-15-9-8-12-13(15)6-3-7-14(12)18/h3,6-7,10-11,15H,2,4-5,8-9H2,1H3,(H,19,22)(H,20,21)/t10-,15+/m0/s1. The molecule has 4 nitrogen and oxygen atoms in total. The van der Waals surface area contributed by atoms with E-state index in [0.717, 1.165) is 36.6 Å². The van der Waals surface area contributed by atoms with Gasteiger partial charge in [-0.25, -0.2) is 0 Å². The molecule has 0 aromatic heterocycles. The van der Waals surface area contributed by atoms with Crippen molar-refractivity contribution < 1.29 is 9.59 Å². The molecule has 2 aliphatic carbocycles. The molecule has 118 valence electrons. The summed E-state index contributed by atoms with van der Waals surface area (Å²) in [7, 11) is 0. The molecule has 0 aliphatic heterocycles. The molecule has 1 saturated carbocycles. The number of rotatable bonds is 4. The first-order valence-electron chi connectivity index (χ1n) is 7.94. The van der Waals surface area contributed by atoms with Gasteiger partial charge >= 0.3 is 0 Å². The molecular formula is C17H21BrN2O2. The van der Waals surface area contributed by atoms with E-state index in [4.69, 9.17) is 0 Å². The van der Waals surface area contributed by atoms with E-state index in [1.165, 1.54) is 11.1 Å². The quantitative estimate of drug-likeness (QED) is 0.862. The average molecular weight is 365 g/mol. The Labute approximate surface area is 139 Å². The monoisotopic (exact) mass is 364 g/mol. The number of carbonyl (C=O) groups excluding carboxylic acids is 2. The molecule has 1 aromatic rings. The molecule has 1 aromatic carbocycles. The lowest BCUT2D eigenvalue weighted by Crippen LogP contribution is -2.48. The van der Waals surface area contributed by atoms with Gasteiger partial charge in [-0.15, -0.1) is 0 Å². The topological polar surface area (TPSA) is 58.2 Å². The Kier molecular flexibility index (Phi) is 4.52. The summed E-state index contributed by atoms with van der Waals surface area (Å²) in [5.74, 6) is 0.0207. The minimum atomic E-state index is -0.482. The number of amides is 2. The molecule has 0 unspecified atom stereocenters. The van der Waals surface area contributed by atoms with Crippen LogP contribution in [0.2, 0.25) is 0 Å². The van der Waals surface area contributed by atoms with Crippen molar-refractivity contribution in [2.24, 2.45) is 5.92 Å². The fraction of sp³-hybridized carbons (Fsp3) is 0.529. The third-order valence-electron chi connectivity index (χ3n) is 4.76. The minimum absolute atomic E-state index is 0.0171. The van der Waals surface area contributed by atoms with Gasteiger partial charge in [0.1, 0.15) is 6.04 Å². The number of carbonyl (C=O) groups is 2. The van der Waals surface area contributed by atoms with Gasteiger partial charge in [0.15, 0.2) is 0 Å². The van der Waals surface area contributed by atoms with Crippen molar-refractivity contribution in [2.75, 3.05) is 0 Å². The first-order valence-corrected chi connectivity index (χ1v) is 8.73. The van der Waals surface area contributed by atoms with Crippen LogP contribution in [0.5, 0.6) is 0 Å². The molecule has 22 heavy (non-hydrogen) atoms. The molecule has 3 rings (SSSR count). The van der Waals surface area contributed by atoms with Crippen LogP contribution in [0.4, 0.5) is 0 Å². The number of hydrogen-bond acceptors (Lipinski definition) is 2. The van der Waals surface area contributed by atoms with Crippen LogP contribution in [0.3, 0.4) is 0 Å². The Morgan fingerprint density at radius 3 is 2.73 bits per heavy atom. The molecule has 2 aliphatic rings. The molecule has 5 heteroatoms. The fourth-order valence-corrected chi connectivity index (χ4v) is 3.70. The molecule has 0 spiro atoms. The van der Waals surface area contributed by atoms with Gasteiger partial charge in [0.25, 0.3) is 0 Å². The van der Waals surface area contributed by atoms with Gasteiger partial charge < -0.3 is 10.6 Å². The maximum atomic E-state index is 12.3. The molecule has 0 heterocycles. The third-order valence-corrected chi connectivity index (χ3v) is 5.50. The number of benzene rings is 1. The summed E-state index contributed by atoms with van der Waals surface area (Å²) in [6.45, 7) is 1.75. The van der Waals surface area contributed by atoms with Gasteiger partial charge in [-0.2, -0.15) is 0 Å². The number of hydrogen-bond donors (Lipinski definition) is 2. The lowest BCUT2D eigenvalue weighted by atomic mass is 9.84. The summed E-state index contributed by atoms with van der Waals surface area (Å²) in [4.78, 5) is 24.2. The molecule has 0 bridgehead atoms. The van der Waals surface area contributed by atoms with E-state index in [9.17, 15) is 9.59 Å². The minimum Gasteiger partial charge on any atom is -0.348 e. The highest BCUT2D eigenvalue weighted by molar-refractivity contribution is 9.10. The van der Waals surface area contributed by atoms with Gasteiger partial charge in [0.2, 0.25) is 11.8 Å². The molecule has 2 atom stereocenters. The Hall–Kier alpha value is -1.36. The summed E-state index contributed by atoms with van der Waals surface area (Å²) < 4.78 is 1.10. The molecule has 1 fully saturated rings. The lowest BCUT2D eigenvalue weighted by Gasteiger charge is -2.26. The second-order valence-corrected chi connectivity index (χ2v) is 7.12. The van der Waals surface area contributed by atoms with Crippen LogP contribution < -0.4 is 10.6 Å². The van der Waals surface area contributed by atoms with Crippen LogP contribution in [0.25, 0.3) is 0 Å². The Balaban J connectivity index is 1.58. The molecule has 0 radical (unpaired) electrons. The lowest BCUT2D eigenvalue weighted by molar-refractivity contribution is -0.132. The third kappa shape index (κ3) is 3.05. The zero-order valence-electron chi connectivity index (χ0n) is 12.7. The molecular weight excluding hydrogens is 344 g/mol.